The number of rotatable bonds is 5. The molecular formula is C21H22N4O4. The minimum atomic E-state index is -0.650. The summed E-state index contributed by atoms with van der Waals surface area (Å²) in [6.45, 7) is 3.90. The quantitative estimate of drug-likeness (QED) is 0.610. The van der Waals surface area contributed by atoms with E-state index in [0.29, 0.717) is 25.4 Å². The van der Waals surface area contributed by atoms with Crippen LogP contribution in [-0.4, -0.2) is 46.3 Å². The second-order valence-corrected chi connectivity index (χ2v) is 8.30. The minimum absolute atomic E-state index is 0.0239. The first-order valence-electron chi connectivity index (χ1n) is 9.75. The lowest BCUT2D eigenvalue weighted by molar-refractivity contribution is -0.130. The van der Waals surface area contributed by atoms with E-state index < -0.39 is 11.7 Å². The third kappa shape index (κ3) is 3.14. The summed E-state index contributed by atoms with van der Waals surface area (Å²) in [7, 11) is 0. The van der Waals surface area contributed by atoms with Crippen molar-refractivity contribution < 1.29 is 14.0 Å². The Bertz CT molecular complexity index is 1170. The highest BCUT2D eigenvalue weighted by Crippen LogP contribution is 2.57. The molecule has 0 bridgehead atoms. The molecule has 0 unspecified atom stereocenters. The first-order chi connectivity index (χ1) is 13.9. The molecule has 1 saturated carbocycles. The molecule has 1 aromatic carbocycles. The molecule has 5 rings (SSSR count). The second-order valence-electron chi connectivity index (χ2n) is 8.30. The number of aromatic amines is 2. The van der Waals surface area contributed by atoms with Gasteiger partial charge in [-0.15, -0.1) is 0 Å². The first kappa shape index (κ1) is 17.8. The highest BCUT2D eigenvalue weighted by atomic mass is 16.4. The number of likely N-dealkylation sites (tertiary alicyclic amines) is 1. The number of nitrogens with zero attached hydrogens (tertiary/aromatic N) is 1. The van der Waals surface area contributed by atoms with E-state index in [0.717, 1.165) is 29.4 Å². The fourth-order valence-electron chi connectivity index (χ4n) is 4.51. The molecule has 1 aliphatic heterocycles. The highest BCUT2D eigenvalue weighted by Gasteiger charge is 2.60. The molecule has 29 heavy (non-hydrogen) atoms. The van der Waals surface area contributed by atoms with E-state index in [2.05, 4.69) is 27.4 Å². The van der Waals surface area contributed by atoms with Crippen LogP contribution < -0.4 is 11.1 Å². The number of hydrogen-bond donors (Lipinski definition) is 3. The van der Waals surface area contributed by atoms with Crippen molar-refractivity contribution in [3.8, 4) is 0 Å². The Labute approximate surface area is 166 Å². The molecule has 3 aromatic rings. The predicted molar refractivity (Wildman–Crippen MR) is 106 cm³/mol. The number of amides is 2. The van der Waals surface area contributed by atoms with Crippen LogP contribution in [0.2, 0.25) is 0 Å². The van der Waals surface area contributed by atoms with E-state index in [1.807, 2.05) is 24.1 Å². The lowest BCUT2D eigenvalue weighted by Gasteiger charge is -2.21. The maximum absolute atomic E-state index is 12.9. The van der Waals surface area contributed by atoms with Crippen LogP contribution in [0.1, 0.15) is 28.1 Å². The molecule has 1 aliphatic carbocycles. The summed E-state index contributed by atoms with van der Waals surface area (Å²) in [5.41, 5.74) is 3.16. The Kier molecular flexibility index (Phi) is 3.90. The lowest BCUT2D eigenvalue weighted by Crippen LogP contribution is -2.37. The maximum Gasteiger partial charge on any atom is 0.416 e. The average molecular weight is 394 g/mol. The van der Waals surface area contributed by atoms with Gasteiger partial charge < -0.3 is 19.6 Å². The predicted octanol–water partition coefficient (Wildman–Crippen LogP) is 1.58. The molecular weight excluding hydrogens is 372 g/mol. The van der Waals surface area contributed by atoms with Crippen molar-refractivity contribution in [3.05, 3.63) is 58.0 Å². The molecule has 150 valence electrons. The number of piperidine rings is 1. The largest absolute Gasteiger partial charge is 0.416 e. The Balaban J connectivity index is 1.21. The maximum atomic E-state index is 12.9. The number of carbonyl (C=O) groups is 2. The fourth-order valence-corrected chi connectivity index (χ4v) is 4.51. The van der Waals surface area contributed by atoms with Crippen molar-refractivity contribution in [1.82, 2.24) is 20.2 Å². The molecule has 2 fully saturated rings. The Morgan fingerprint density at radius 3 is 2.97 bits per heavy atom. The van der Waals surface area contributed by atoms with Crippen LogP contribution >= 0.6 is 0 Å². The highest BCUT2D eigenvalue weighted by molar-refractivity contribution is 5.91. The van der Waals surface area contributed by atoms with Gasteiger partial charge >= 0.3 is 5.76 Å². The molecule has 0 radical (unpaired) electrons. The zero-order valence-electron chi connectivity index (χ0n) is 16.1. The van der Waals surface area contributed by atoms with Crippen LogP contribution in [0.3, 0.4) is 0 Å². The standard InChI is InChI=1S/C21H22N4O4/c1-12-2-3-16-15(4-12)13(7-22-16)5-18(26)25-9-14-6-21(14,11-25)10-24-19(27)17-8-23-20(28)29-17/h2-4,7-8,14,22H,5-6,9-11H2,1H3,(H,23,28)(H,24,27)/t14-,21-/m1/s1. The molecule has 2 amide bonds. The second kappa shape index (κ2) is 6.37. The number of hydrogen-bond acceptors (Lipinski definition) is 4. The lowest BCUT2D eigenvalue weighted by atomic mass is 10.1. The van der Waals surface area contributed by atoms with E-state index in [1.54, 1.807) is 0 Å². The number of aromatic nitrogens is 2. The third-order valence-electron chi connectivity index (χ3n) is 6.27. The summed E-state index contributed by atoms with van der Waals surface area (Å²) < 4.78 is 4.78. The van der Waals surface area contributed by atoms with E-state index in [-0.39, 0.29) is 17.1 Å². The fraction of sp³-hybridized carbons (Fsp3) is 0.381. The molecule has 8 heteroatoms. The van der Waals surface area contributed by atoms with Crippen molar-refractivity contribution in [2.24, 2.45) is 11.3 Å². The third-order valence-corrected chi connectivity index (χ3v) is 6.27. The molecule has 3 heterocycles. The zero-order chi connectivity index (χ0) is 20.2. The molecule has 0 spiro atoms. The average Bonchev–Trinajstić information content (AvgIpc) is 3.06. The van der Waals surface area contributed by atoms with E-state index in [4.69, 9.17) is 4.42 Å². The van der Waals surface area contributed by atoms with Crippen LogP contribution in [0, 0.1) is 18.3 Å². The van der Waals surface area contributed by atoms with Gasteiger partial charge in [-0.25, -0.2) is 4.79 Å². The summed E-state index contributed by atoms with van der Waals surface area (Å²) >= 11 is 0. The number of H-pyrrole nitrogens is 2. The topological polar surface area (TPSA) is 111 Å². The van der Waals surface area contributed by atoms with Crippen molar-refractivity contribution in [2.45, 2.75) is 19.8 Å². The number of carbonyl (C=O) groups excluding carboxylic acids is 2. The molecule has 8 nitrogen and oxygen atoms in total. The van der Waals surface area contributed by atoms with Crippen LogP contribution in [0.4, 0.5) is 0 Å². The van der Waals surface area contributed by atoms with Gasteiger partial charge in [0.2, 0.25) is 11.7 Å². The SMILES string of the molecule is Cc1ccc2[nH]cc(CC(=O)N3C[C@H]4C[C@@]4(CNC(=O)c4c[nH]c(=O)o4)C3)c2c1. The van der Waals surface area contributed by atoms with Crippen molar-refractivity contribution in [2.75, 3.05) is 19.6 Å². The smallest absolute Gasteiger partial charge is 0.403 e. The van der Waals surface area contributed by atoms with Crippen molar-refractivity contribution in [1.29, 1.82) is 0 Å². The van der Waals surface area contributed by atoms with Crippen molar-refractivity contribution in [3.63, 3.8) is 0 Å². The number of fused-ring (bicyclic) bond motifs is 2. The summed E-state index contributed by atoms with van der Waals surface area (Å²) in [6, 6.07) is 6.19. The number of oxazole rings is 1. The van der Waals surface area contributed by atoms with Gasteiger partial charge in [0.25, 0.3) is 5.91 Å². The van der Waals surface area contributed by atoms with Gasteiger partial charge in [-0.1, -0.05) is 11.6 Å². The van der Waals surface area contributed by atoms with Crippen LogP contribution in [0.15, 0.2) is 39.8 Å². The molecule has 2 aliphatic rings. The first-order valence-corrected chi connectivity index (χ1v) is 9.75. The van der Waals surface area contributed by atoms with Gasteiger partial charge in [-0.3, -0.25) is 14.6 Å². The van der Waals surface area contributed by atoms with Gasteiger partial charge in [0.05, 0.1) is 12.6 Å². The molecule has 1 saturated heterocycles. The number of nitrogens with one attached hydrogen (secondary N) is 3. The summed E-state index contributed by atoms with van der Waals surface area (Å²) in [5, 5.41) is 3.93. The number of aryl methyl sites for hydroxylation is 1. The van der Waals surface area contributed by atoms with Gasteiger partial charge in [0, 0.05) is 42.1 Å². The van der Waals surface area contributed by atoms with Crippen LogP contribution in [0.25, 0.3) is 10.9 Å². The van der Waals surface area contributed by atoms with E-state index in [9.17, 15) is 14.4 Å². The van der Waals surface area contributed by atoms with Gasteiger partial charge in [-0.05, 0) is 37.0 Å². The zero-order valence-corrected chi connectivity index (χ0v) is 16.1. The summed E-state index contributed by atoms with van der Waals surface area (Å²) in [5.74, 6) is -0.564. The van der Waals surface area contributed by atoms with Crippen molar-refractivity contribution >= 4 is 22.7 Å². The van der Waals surface area contributed by atoms with E-state index in [1.165, 1.54) is 11.8 Å². The van der Waals surface area contributed by atoms with Gasteiger partial charge in [0.15, 0.2) is 0 Å². The Morgan fingerprint density at radius 1 is 1.31 bits per heavy atom. The van der Waals surface area contributed by atoms with Gasteiger partial charge in [-0.2, -0.15) is 0 Å². The summed E-state index contributed by atoms with van der Waals surface area (Å²) in [4.78, 5) is 43.5. The van der Waals surface area contributed by atoms with Gasteiger partial charge in [0.1, 0.15) is 0 Å². The Hall–Kier alpha value is -3.29. The Morgan fingerprint density at radius 2 is 2.17 bits per heavy atom. The summed E-state index contributed by atoms with van der Waals surface area (Å²) in [6.07, 6.45) is 4.54. The van der Waals surface area contributed by atoms with E-state index >= 15 is 0 Å². The molecule has 2 aromatic heterocycles. The van der Waals surface area contributed by atoms with Crippen LogP contribution in [0.5, 0.6) is 0 Å². The molecule has 2 atom stereocenters. The van der Waals surface area contributed by atoms with Crippen LogP contribution in [-0.2, 0) is 11.2 Å². The minimum Gasteiger partial charge on any atom is -0.403 e. The molecule has 3 N–H and O–H groups in total. The number of benzene rings is 1. The monoisotopic (exact) mass is 394 g/mol. The normalized spacial score (nSPS) is 22.7.